The molecule has 1 rings (SSSR count). The molecule has 1 heterocycles. The number of aliphatic imine (C=N–C) groups is 1. The first-order chi connectivity index (χ1) is 11.1. The van der Waals surface area contributed by atoms with Crippen LogP contribution in [0, 0.1) is 13.8 Å². The molecule has 0 aliphatic rings. The lowest BCUT2D eigenvalue weighted by Crippen LogP contribution is -2.43. The van der Waals surface area contributed by atoms with Crippen molar-refractivity contribution in [3.05, 3.63) is 17.0 Å². The van der Waals surface area contributed by atoms with E-state index in [-0.39, 0.29) is 35.8 Å². The molecule has 9 heteroatoms. The highest BCUT2D eigenvalue weighted by molar-refractivity contribution is 14.0. The van der Waals surface area contributed by atoms with Gasteiger partial charge in [-0.1, -0.05) is 0 Å². The number of nitrogens with one attached hydrogen (secondary N) is 2. The molecule has 0 saturated heterocycles. The third-order valence-corrected chi connectivity index (χ3v) is 4.92. The van der Waals surface area contributed by atoms with Crippen LogP contribution in [0.3, 0.4) is 0 Å². The number of aromatic nitrogens is 2. The summed E-state index contributed by atoms with van der Waals surface area (Å²) < 4.78 is 24.4. The van der Waals surface area contributed by atoms with Crippen LogP contribution in [0.1, 0.15) is 37.2 Å². The van der Waals surface area contributed by atoms with Gasteiger partial charge in [0.25, 0.3) is 0 Å². The monoisotopic (exact) mass is 485 g/mol. The van der Waals surface area contributed by atoms with E-state index in [0.717, 1.165) is 24.6 Å². The van der Waals surface area contributed by atoms with Crippen LogP contribution in [0.5, 0.6) is 0 Å². The number of guanidine groups is 1. The number of halogens is 1. The maximum Gasteiger partial charge on any atom is 0.191 e. The molecule has 1 aromatic rings. The first-order valence-corrected chi connectivity index (χ1v) is 10.4. The second-order valence-electron chi connectivity index (χ2n) is 6.25. The summed E-state index contributed by atoms with van der Waals surface area (Å²) in [5, 5.41) is 10.9. The summed E-state index contributed by atoms with van der Waals surface area (Å²) in [6, 6.07) is 0.0411. The summed E-state index contributed by atoms with van der Waals surface area (Å²) >= 11 is 0. The summed E-state index contributed by atoms with van der Waals surface area (Å²) in [7, 11) is -0.988. The molecule has 146 valence electrons. The summed E-state index contributed by atoms with van der Waals surface area (Å²) in [5.41, 5.74) is 3.45. The molecule has 0 bridgehead atoms. The van der Waals surface area contributed by atoms with E-state index in [9.17, 15) is 8.42 Å². The number of rotatable bonds is 8. The number of nitrogens with zero attached hydrogens (tertiary/aromatic N) is 3. The predicted octanol–water partition coefficient (Wildman–Crippen LogP) is 1.58. The fourth-order valence-electron chi connectivity index (χ4n) is 2.48. The van der Waals surface area contributed by atoms with Gasteiger partial charge in [-0.25, -0.2) is 8.42 Å². The van der Waals surface area contributed by atoms with Crippen LogP contribution in [0.2, 0.25) is 0 Å². The highest BCUT2D eigenvalue weighted by Crippen LogP contribution is 2.12. The van der Waals surface area contributed by atoms with Crippen LogP contribution < -0.4 is 10.6 Å². The number of hydrogen-bond acceptors (Lipinski definition) is 4. The van der Waals surface area contributed by atoms with Gasteiger partial charge in [0.2, 0.25) is 0 Å². The average molecular weight is 485 g/mol. The Morgan fingerprint density at radius 3 is 2.48 bits per heavy atom. The average Bonchev–Trinajstić information content (AvgIpc) is 2.71. The Morgan fingerprint density at radius 2 is 2.00 bits per heavy atom. The Bertz CT molecular complexity index is 670. The maximum atomic E-state index is 11.3. The first kappa shape index (κ1) is 24.2. The molecular formula is C16H32IN5O2S. The normalized spacial score (nSPS) is 13.3. The molecule has 1 aromatic heterocycles. The van der Waals surface area contributed by atoms with E-state index >= 15 is 0 Å². The van der Waals surface area contributed by atoms with Crippen LogP contribution in [-0.4, -0.2) is 55.3 Å². The zero-order valence-corrected chi connectivity index (χ0v) is 19.2. The Labute approximate surface area is 169 Å². The van der Waals surface area contributed by atoms with E-state index in [1.54, 1.807) is 0 Å². The van der Waals surface area contributed by atoms with Crippen LogP contribution in [0.25, 0.3) is 0 Å². The lowest BCUT2D eigenvalue weighted by Gasteiger charge is -2.17. The molecular weight excluding hydrogens is 453 g/mol. The van der Waals surface area contributed by atoms with E-state index in [1.165, 1.54) is 17.5 Å². The second-order valence-corrected chi connectivity index (χ2v) is 8.51. The Balaban J connectivity index is 0.00000576. The van der Waals surface area contributed by atoms with Gasteiger partial charge in [-0.05, 0) is 46.1 Å². The highest BCUT2D eigenvalue weighted by atomic mass is 127. The summed E-state index contributed by atoms with van der Waals surface area (Å²) in [6.45, 7) is 9.47. The topological polar surface area (TPSA) is 88.4 Å². The van der Waals surface area contributed by atoms with Gasteiger partial charge < -0.3 is 10.6 Å². The van der Waals surface area contributed by atoms with E-state index in [2.05, 4.69) is 27.6 Å². The fourth-order valence-corrected chi connectivity index (χ4v) is 3.26. The van der Waals surface area contributed by atoms with E-state index in [1.807, 2.05) is 32.5 Å². The Kier molecular flexibility index (Phi) is 10.6. The summed E-state index contributed by atoms with van der Waals surface area (Å²) in [5.74, 6) is 0.895. The molecule has 1 atom stereocenters. The molecule has 0 fully saturated rings. The minimum Gasteiger partial charge on any atom is -0.357 e. The molecule has 0 aromatic carbocycles. The standard InChI is InChI=1S/C16H31N5O2S.HI/c1-7-17-16(19-12(2)9-11-24(6,22)23)18-10-8-15-13(3)20-21(5)14(15)4;/h12H,7-11H2,1-6H3,(H2,17,18,19);1H. The molecule has 0 amide bonds. The van der Waals surface area contributed by atoms with Gasteiger partial charge in [-0.15, -0.1) is 24.0 Å². The third-order valence-electron chi connectivity index (χ3n) is 3.94. The van der Waals surface area contributed by atoms with Crippen LogP contribution in [0.4, 0.5) is 0 Å². The van der Waals surface area contributed by atoms with Crippen molar-refractivity contribution in [1.82, 2.24) is 20.4 Å². The van der Waals surface area contributed by atoms with Crippen molar-refractivity contribution < 1.29 is 8.42 Å². The van der Waals surface area contributed by atoms with Gasteiger partial charge in [0.15, 0.2) is 5.96 Å². The van der Waals surface area contributed by atoms with Gasteiger partial charge in [-0.3, -0.25) is 9.67 Å². The number of hydrogen-bond donors (Lipinski definition) is 2. The molecule has 0 saturated carbocycles. The quantitative estimate of drug-likeness (QED) is 0.332. The van der Waals surface area contributed by atoms with Crippen molar-refractivity contribution in [2.45, 2.75) is 46.6 Å². The zero-order valence-electron chi connectivity index (χ0n) is 16.1. The lowest BCUT2D eigenvalue weighted by molar-refractivity contribution is 0.581. The van der Waals surface area contributed by atoms with Crippen LogP contribution in [0.15, 0.2) is 4.99 Å². The van der Waals surface area contributed by atoms with Crippen molar-refractivity contribution >= 4 is 39.8 Å². The largest absolute Gasteiger partial charge is 0.357 e. The Morgan fingerprint density at radius 1 is 1.36 bits per heavy atom. The maximum absolute atomic E-state index is 11.3. The first-order valence-electron chi connectivity index (χ1n) is 8.35. The van der Waals surface area contributed by atoms with Crippen molar-refractivity contribution in [3.63, 3.8) is 0 Å². The van der Waals surface area contributed by atoms with Crippen molar-refractivity contribution in [3.8, 4) is 0 Å². The van der Waals surface area contributed by atoms with Gasteiger partial charge in [-0.2, -0.15) is 5.10 Å². The van der Waals surface area contributed by atoms with Crippen LogP contribution >= 0.6 is 24.0 Å². The molecule has 0 aliphatic heterocycles. The number of aryl methyl sites for hydroxylation is 2. The van der Waals surface area contributed by atoms with Gasteiger partial charge >= 0.3 is 0 Å². The lowest BCUT2D eigenvalue weighted by atomic mass is 10.1. The fraction of sp³-hybridized carbons (Fsp3) is 0.750. The van der Waals surface area contributed by atoms with E-state index < -0.39 is 9.84 Å². The summed E-state index contributed by atoms with van der Waals surface area (Å²) in [4.78, 5) is 4.59. The van der Waals surface area contributed by atoms with Gasteiger partial charge in [0.1, 0.15) is 9.84 Å². The highest BCUT2D eigenvalue weighted by Gasteiger charge is 2.11. The summed E-state index contributed by atoms with van der Waals surface area (Å²) in [6.07, 6.45) is 2.65. The number of sulfone groups is 1. The Hall–Kier alpha value is -0.840. The van der Waals surface area contributed by atoms with Crippen LogP contribution in [-0.2, 0) is 23.3 Å². The molecule has 2 N–H and O–H groups in total. The smallest absolute Gasteiger partial charge is 0.191 e. The van der Waals surface area contributed by atoms with Gasteiger partial charge in [0.05, 0.1) is 11.4 Å². The van der Waals surface area contributed by atoms with E-state index in [4.69, 9.17) is 0 Å². The third kappa shape index (κ3) is 8.89. The second kappa shape index (κ2) is 11.0. The molecule has 1 unspecified atom stereocenters. The van der Waals surface area contributed by atoms with Crippen molar-refractivity contribution in [2.75, 3.05) is 25.1 Å². The van der Waals surface area contributed by atoms with Crippen molar-refractivity contribution in [2.24, 2.45) is 12.0 Å². The predicted molar refractivity (Wildman–Crippen MR) is 115 cm³/mol. The van der Waals surface area contributed by atoms with Gasteiger partial charge in [0, 0.05) is 38.1 Å². The minimum atomic E-state index is -2.94. The molecule has 7 nitrogen and oxygen atoms in total. The van der Waals surface area contributed by atoms with Crippen molar-refractivity contribution in [1.29, 1.82) is 0 Å². The molecule has 0 spiro atoms. The molecule has 0 radical (unpaired) electrons. The molecule has 0 aliphatic carbocycles. The zero-order chi connectivity index (χ0) is 18.3. The van der Waals surface area contributed by atoms with E-state index in [0.29, 0.717) is 13.0 Å². The minimum absolute atomic E-state index is 0. The SMILES string of the molecule is CCNC(=NCCc1c(C)nn(C)c1C)NC(C)CCS(C)(=O)=O.I. The molecule has 25 heavy (non-hydrogen) atoms.